The van der Waals surface area contributed by atoms with Gasteiger partial charge in [-0.2, -0.15) is 25.3 Å². The van der Waals surface area contributed by atoms with Crippen molar-refractivity contribution in [2.45, 2.75) is 55.9 Å². The summed E-state index contributed by atoms with van der Waals surface area (Å²) in [5.41, 5.74) is 0.905. The van der Waals surface area contributed by atoms with Crippen LogP contribution >= 0.6 is 0 Å². The minimum atomic E-state index is -4.74. The normalized spacial score (nSPS) is 17.7. The number of aromatic hydroxyl groups is 2. The molecule has 0 saturated carbocycles. The van der Waals surface area contributed by atoms with Gasteiger partial charge in [0.15, 0.2) is 5.71 Å². The summed E-state index contributed by atoms with van der Waals surface area (Å²) in [6.45, 7) is 5.55. The number of hydroxylamine groups is 2. The van der Waals surface area contributed by atoms with E-state index in [0.717, 1.165) is 17.2 Å². The van der Waals surface area contributed by atoms with E-state index in [4.69, 9.17) is 14.7 Å². The molecule has 4 aromatic rings. The predicted octanol–water partition coefficient (Wildman–Crippen LogP) is 3.52. The highest BCUT2D eigenvalue weighted by Crippen LogP contribution is 2.52. The minimum Gasteiger partial charge on any atom is -0.492 e. The molecule has 2 aromatic heterocycles. The van der Waals surface area contributed by atoms with Crippen LogP contribution in [-0.4, -0.2) is 109 Å². The highest BCUT2D eigenvalue weighted by Gasteiger charge is 2.46. The number of carbonyl (C=O) groups excluding carboxylic acids is 2. The van der Waals surface area contributed by atoms with Crippen LogP contribution in [0, 0.1) is 0 Å². The summed E-state index contributed by atoms with van der Waals surface area (Å²) in [6.07, 6.45) is 6.50. The maximum atomic E-state index is 13.3. The van der Waals surface area contributed by atoms with Crippen molar-refractivity contribution in [2.75, 3.05) is 37.1 Å². The fourth-order valence-electron chi connectivity index (χ4n) is 7.69. The van der Waals surface area contributed by atoms with E-state index >= 15 is 0 Å². The van der Waals surface area contributed by atoms with Crippen molar-refractivity contribution in [1.29, 1.82) is 0 Å². The van der Waals surface area contributed by atoms with Crippen molar-refractivity contribution in [1.82, 2.24) is 9.79 Å². The van der Waals surface area contributed by atoms with Gasteiger partial charge in [-0.25, -0.2) is 14.4 Å². The van der Waals surface area contributed by atoms with Crippen LogP contribution in [0.4, 0.5) is 11.5 Å². The summed E-state index contributed by atoms with van der Waals surface area (Å²) in [6, 6.07) is 13.8. The fourth-order valence-corrected chi connectivity index (χ4v) is 9.18. The van der Waals surface area contributed by atoms with E-state index in [0.29, 0.717) is 44.3 Å². The van der Waals surface area contributed by atoms with E-state index in [1.54, 1.807) is 52.8 Å². The number of benzene rings is 2. The summed E-state index contributed by atoms with van der Waals surface area (Å²) in [4.78, 5) is 42.8. The number of anilines is 1. The molecule has 1 amide bonds. The average Bonchev–Trinajstić information content (AvgIpc) is 3.76. The third kappa shape index (κ3) is 9.74. The van der Waals surface area contributed by atoms with Crippen LogP contribution < -0.4 is 14.3 Å². The number of allylic oxidation sites excluding steroid dienone is 4. The van der Waals surface area contributed by atoms with Crippen molar-refractivity contribution in [3.63, 3.8) is 0 Å². The second-order valence-electron chi connectivity index (χ2n) is 15.7. The van der Waals surface area contributed by atoms with Crippen LogP contribution in [0.25, 0.3) is 0 Å². The summed E-state index contributed by atoms with van der Waals surface area (Å²) < 4.78 is 103. The molecule has 5 N–H and O–H groups in total. The van der Waals surface area contributed by atoms with Gasteiger partial charge in [-0.05, 0) is 91.9 Å². The molecule has 2 aliphatic rings. The van der Waals surface area contributed by atoms with Gasteiger partial charge < -0.3 is 20.0 Å². The van der Waals surface area contributed by atoms with E-state index in [1.165, 1.54) is 50.7 Å². The molecule has 23 heteroatoms. The van der Waals surface area contributed by atoms with Gasteiger partial charge in [0.1, 0.15) is 6.20 Å². The molecule has 1 unspecified atom stereocenters. The van der Waals surface area contributed by atoms with Crippen LogP contribution in [0.2, 0.25) is 0 Å². The van der Waals surface area contributed by atoms with Crippen LogP contribution in [0.3, 0.4) is 0 Å². The summed E-state index contributed by atoms with van der Waals surface area (Å²) in [7, 11) is -10.7. The zero-order chi connectivity index (χ0) is 47.2. The first-order chi connectivity index (χ1) is 29.8. The number of fused-ring (bicyclic) bond motifs is 2. The third-order valence-electron chi connectivity index (χ3n) is 11.1. The van der Waals surface area contributed by atoms with Gasteiger partial charge in [0.05, 0.1) is 57.6 Å². The quantitative estimate of drug-likeness (QED) is 0.0610. The molecular weight excluding hydrogens is 899 g/mol. The van der Waals surface area contributed by atoms with Crippen molar-refractivity contribution in [2.24, 2.45) is 4.99 Å². The van der Waals surface area contributed by atoms with Crippen molar-refractivity contribution >= 4 is 59.4 Å². The lowest BCUT2D eigenvalue weighted by Crippen LogP contribution is -2.38. The van der Waals surface area contributed by atoms with Crippen LogP contribution in [-0.2, 0) is 52.6 Å². The molecule has 2 aromatic carbocycles. The Kier molecular flexibility index (Phi) is 13.0. The molecule has 0 fully saturated rings. The molecule has 20 nitrogen and oxygen atoms in total. The van der Waals surface area contributed by atoms with Gasteiger partial charge in [-0.15, -0.1) is 4.73 Å². The van der Waals surface area contributed by atoms with Crippen LogP contribution in [0.5, 0.6) is 11.8 Å². The first kappa shape index (κ1) is 47.5. The molecule has 0 bridgehead atoms. The molecule has 4 heterocycles. The largest absolute Gasteiger partial charge is 0.492 e. The summed E-state index contributed by atoms with van der Waals surface area (Å²) in [5, 5.41) is 21.0. The van der Waals surface area contributed by atoms with E-state index in [1.807, 2.05) is 13.8 Å². The minimum absolute atomic E-state index is 0.00426. The number of carbonyl (C=O) groups is 2. The van der Waals surface area contributed by atoms with E-state index in [-0.39, 0.29) is 37.1 Å². The zero-order valence-electron chi connectivity index (χ0n) is 35.1. The summed E-state index contributed by atoms with van der Waals surface area (Å²) >= 11 is 0. The predicted molar refractivity (Wildman–Crippen MR) is 230 cm³/mol. The monoisotopic (exact) mass is 944 g/mol. The number of aliphatic imine (C=N–C) groups is 1. The van der Waals surface area contributed by atoms with Crippen molar-refractivity contribution in [3.05, 3.63) is 119 Å². The molecule has 0 spiro atoms. The SMILES string of the molecule is CON(C)C(=O)c1cc2c([n+](CCCS(=O)(=O)O)c1)N=C(C=CC=C1N(CCCS(=O)(=O)O)c3ccc(S(=O)(=O)O)cc3C1(C)c1ccc(C(=O)On3c(O)ccc3O)cc1)C2(C)C. The number of rotatable bonds is 16. The Hall–Kier alpha value is -5.95. The second kappa shape index (κ2) is 17.6. The maximum Gasteiger partial charge on any atom is 0.363 e. The Balaban J connectivity index is 1.47. The molecule has 0 aliphatic carbocycles. The number of hydrogen-bond donors (Lipinski definition) is 5. The highest BCUT2D eigenvalue weighted by molar-refractivity contribution is 7.86. The lowest BCUT2D eigenvalue weighted by atomic mass is 9.75. The first-order valence-corrected chi connectivity index (χ1v) is 24.0. The first-order valence-electron chi connectivity index (χ1n) is 19.4. The van der Waals surface area contributed by atoms with Crippen molar-refractivity contribution in [3.8, 4) is 11.8 Å². The number of hydrogen-bond acceptors (Lipinski definition) is 14. The van der Waals surface area contributed by atoms with Crippen molar-refractivity contribution < 1.29 is 73.0 Å². The average molecular weight is 945 g/mol. The zero-order valence-corrected chi connectivity index (χ0v) is 37.6. The fraction of sp³-hybridized carbons (Fsp3) is 0.317. The topological polar surface area (TPSA) is 284 Å². The maximum absolute atomic E-state index is 13.3. The van der Waals surface area contributed by atoms with Gasteiger partial charge >= 0.3 is 11.8 Å². The molecular formula is C41H46N5O15S3+. The third-order valence-corrected chi connectivity index (χ3v) is 13.6. The summed E-state index contributed by atoms with van der Waals surface area (Å²) in [5.74, 6) is -3.24. The Bertz CT molecular complexity index is 2940. The van der Waals surface area contributed by atoms with Gasteiger partial charge in [-0.1, -0.05) is 18.2 Å². The van der Waals surface area contributed by atoms with Crippen LogP contribution in [0.1, 0.15) is 71.0 Å². The van der Waals surface area contributed by atoms with Gasteiger partial charge in [0.25, 0.3) is 36.3 Å². The van der Waals surface area contributed by atoms with Gasteiger partial charge in [0.2, 0.25) is 11.8 Å². The van der Waals surface area contributed by atoms with E-state index < -0.39 is 81.2 Å². The lowest BCUT2D eigenvalue weighted by Gasteiger charge is -2.31. The standard InChI is InChI=1S/C41H45N5O15S3/c1-40(2)31-23-27(38(49)43(4)60-5)25-44(19-7-21-62(51,52)53)37(31)42-33(40)9-6-10-34-41(3,28-13-11-26(12-14-28)39(50)61-46-35(47)17-18-36(46)48)30-24-29(64(57,58)59)15-16-32(30)45(34)20-8-22-63(54,55)56/h6,9-18,23-25H,7-8,19-22H2,1-5H3,(H4-,47,48,51,52,53,54,55,56,57,58,59)/p+1. The molecule has 64 heavy (non-hydrogen) atoms. The smallest absolute Gasteiger partial charge is 0.363 e. The lowest BCUT2D eigenvalue weighted by molar-refractivity contribution is -0.684. The number of pyridine rings is 1. The van der Waals surface area contributed by atoms with E-state index in [9.17, 15) is 58.7 Å². The Morgan fingerprint density at radius 2 is 1.47 bits per heavy atom. The Morgan fingerprint density at radius 1 is 0.844 bits per heavy atom. The molecule has 6 rings (SSSR count). The Morgan fingerprint density at radius 3 is 2.06 bits per heavy atom. The molecule has 0 saturated heterocycles. The number of aromatic nitrogens is 2. The molecule has 2 aliphatic heterocycles. The number of nitrogens with zero attached hydrogens (tertiary/aromatic N) is 5. The second-order valence-corrected chi connectivity index (χ2v) is 20.3. The molecule has 342 valence electrons. The highest BCUT2D eigenvalue weighted by atomic mass is 32.2. The number of amides is 1. The van der Waals surface area contributed by atoms with Crippen LogP contribution in [0.15, 0.2) is 101 Å². The molecule has 1 atom stereocenters. The number of aryl methyl sites for hydroxylation is 1. The van der Waals surface area contributed by atoms with Gasteiger partial charge in [0, 0.05) is 43.5 Å². The van der Waals surface area contributed by atoms with E-state index in [2.05, 4.69) is 0 Å². The Labute approximate surface area is 369 Å². The van der Waals surface area contributed by atoms with Gasteiger partial charge in [-0.3, -0.25) is 23.3 Å². The molecule has 0 radical (unpaired) electrons.